The van der Waals surface area contributed by atoms with Crippen LogP contribution in [0, 0.1) is 0 Å². The first-order valence-corrected chi connectivity index (χ1v) is 16.3. The Balaban J connectivity index is 0.00000166. The molecular weight excluding hydrogens is 556 g/mol. The zero-order chi connectivity index (χ0) is 31.3. The molecule has 46 heavy (non-hydrogen) atoms. The molecule has 0 spiro atoms. The number of benzene rings is 6. The highest BCUT2D eigenvalue weighted by Gasteiger charge is 2.20. The van der Waals surface area contributed by atoms with Crippen LogP contribution in [-0.4, -0.2) is 4.57 Å². The van der Waals surface area contributed by atoms with E-state index in [2.05, 4.69) is 179 Å². The van der Waals surface area contributed by atoms with Crippen LogP contribution < -0.4 is 4.90 Å². The average molecular weight is 595 g/mol. The molecule has 0 fully saturated rings. The molecule has 8 rings (SSSR count). The van der Waals surface area contributed by atoms with Gasteiger partial charge in [-0.2, -0.15) is 0 Å². The molecule has 0 bridgehead atoms. The van der Waals surface area contributed by atoms with E-state index in [1.807, 2.05) is 13.8 Å². The highest BCUT2D eigenvalue weighted by Crippen LogP contribution is 2.40. The average Bonchev–Trinajstić information content (AvgIpc) is 3.48. The van der Waals surface area contributed by atoms with Gasteiger partial charge in [-0.15, -0.1) is 0 Å². The van der Waals surface area contributed by atoms with Gasteiger partial charge in [0.05, 0.1) is 11.0 Å². The summed E-state index contributed by atoms with van der Waals surface area (Å²) in [7, 11) is 0. The summed E-state index contributed by atoms with van der Waals surface area (Å²) < 4.78 is 2.40. The van der Waals surface area contributed by atoms with E-state index in [0.29, 0.717) is 0 Å². The van der Waals surface area contributed by atoms with Gasteiger partial charge in [-0.05, 0) is 83.6 Å². The summed E-state index contributed by atoms with van der Waals surface area (Å²) in [5, 5.41) is 2.53. The first-order valence-electron chi connectivity index (χ1n) is 16.3. The minimum absolute atomic E-state index is 0.959. The first-order chi connectivity index (χ1) is 22.8. The lowest BCUT2D eigenvalue weighted by Gasteiger charge is -2.30. The Hall–Kier alpha value is -5.60. The van der Waals surface area contributed by atoms with Gasteiger partial charge in [0.15, 0.2) is 0 Å². The Morgan fingerprint density at radius 1 is 0.457 bits per heavy atom. The number of hydrogen-bond acceptors (Lipinski definition) is 1. The largest absolute Gasteiger partial charge is 0.314 e. The third-order valence-electron chi connectivity index (χ3n) is 8.72. The van der Waals surface area contributed by atoms with Crippen molar-refractivity contribution >= 4 is 38.8 Å². The van der Waals surface area contributed by atoms with Crippen molar-refractivity contribution in [1.29, 1.82) is 0 Å². The van der Waals surface area contributed by atoms with E-state index in [0.717, 1.165) is 24.2 Å². The lowest BCUT2D eigenvalue weighted by molar-refractivity contribution is 0.930. The Kier molecular flexibility index (Phi) is 8.34. The number of hydrogen-bond donors (Lipinski definition) is 0. The smallest absolute Gasteiger partial charge is 0.0561 e. The Morgan fingerprint density at radius 3 is 1.70 bits per heavy atom. The van der Waals surface area contributed by atoms with Crippen molar-refractivity contribution in [2.75, 3.05) is 4.90 Å². The number of rotatable bonds is 6. The molecule has 0 saturated heterocycles. The second-order valence-electron chi connectivity index (χ2n) is 11.4. The van der Waals surface area contributed by atoms with Gasteiger partial charge in [-0.3, -0.25) is 0 Å². The lowest BCUT2D eigenvalue weighted by Crippen LogP contribution is -2.18. The molecule has 0 unspecified atom stereocenters. The van der Waals surface area contributed by atoms with Crippen LogP contribution in [0.1, 0.15) is 32.3 Å². The van der Waals surface area contributed by atoms with Crippen LogP contribution >= 0.6 is 0 Å². The van der Waals surface area contributed by atoms with Crippen LogP contribution in [0.4, 0.5) is 11.4 Å². The van der Waals surface area contributed by atoms with Crippen LogP contribution in [-0.2, 0) is 0 Å². The van der Waals surface area contributed by atoms with Gasteiger partial charge in [0.25, 0.3) is 0 Å². The maximum absolute atomic E-state index is 2.44. The third kappa shape index (κ3) is 5.55. The van der Waals surface area contributed by atoms with Gasteiger partial charge < -0.3 is 9.47 Å². The summed E-state index contributed by atoms with van der Waals surface area (Å²) in [6.07, 6.45) is 6.58. The van der Waals surface area contributed by atoms with Gasteiger partial charge in [-0.25, -0.2) is 0 Å². The maximum atomic E-state index is 2.44. The third-order valence-corrected chi connectivity index (χ3v) is 8.72. The quantitative estimate of drug-likeness (QED) is 0.186. The molecule has 1 heterocycles. The predicted octanol–water partition coefficient (Wildman–Crippen LogP) is 12.4. The molecule has 1 aliphatic carbocycles. The van der Waals surface area contributed by atoms with Gasteiger partial charge in [-0.1, -0.05) is 135 Å². The van der Waals surface area contributed by atoms with Crippen molar-refractivity contribution in [2.45, 2.75) is 26.7 Å². The molecule has 0 N–H and O–H groups in total. The topological polar surface area (TPSA) is 8.17 Å². The first kappa shape index (κ1) is 29.1. The van der Waals surface area contributed by atoms with Gasteiger partial charge >= 0.3 is 0 Å². The van der Waals surface area contributed by atoms with E-state index in [9.17, 15) is 0 Å². The second-order valence-corrected chi connectivity index (χ2v) is 11.4. The van der Waals surface area contributed by atoms with Crippen molar-refractivity contribution in [3.63, 3.8) is 0 Å². The molecule has 0 saturated carbocycles. The van der Waals surface area contributed by atoms with Gasteiger partial charge in [0, 0.05) is 33.5 Å². The second kappa shape index (κ2) is 13.2. The van der Waals surface area contributed by atoms with Crippen molar-refractivity contribution < 1.29 is 0 Å². The van der Waals surface area contributed by atoms with Crippen LogP contribution in [0.15, 0.2) is 176 Å². The molecule has 1 aromatic heterocycles. The van der Waals surface area contributed by atoms with Crippen molar-refractivity contribution in [3.8, 4) is 16.8 Å². The maximum Gasteiger partial charge on any atom is 0.0561 e. The lowest BCUT2D eigenvalue weighted by atomic mass is 9.95. The monoisotopic (exact) mass is 594 g/mol. The van der Waals surface area contributed by atoms with Crippen LogP contribution in [0.5, 0.6) is 0 Å². The van der Waals surface area contributed by atoms with Crippen LogP contribution in [0.25, 0.3) is 44.2 Å². The fraction of sp³-hybridized carbons (Fsp3) is 0.0909. The minimum Gasteiger partial charge on any atom is -0.314 e. The highest BCUT2D eigenvalue weighted by atomic mass is 15.2. The van der Waals surface area contributed by atoms with Gasteiger partial charge in [0.2, 0.25) is 0 Å². The number of aromatic nitrogens is 1. The molecule has 0 atom stereocenters. The fourth-order valence-corrected chi connectivity index (χ4v) is 6.57. The highest BCUT2D eigenvalue weighted by molar-refractivity contribution is 6.10. The van der Waals surface area contributed by atoms with E-state index < -0.39 is 0 Å². The Bertz CT molecular complexity index is 2140. The van der Waals surface area contributed by atoms with Crippen LogP contribution in [0.2, 0.25) is 0 Å². The van der Waals surface area contributed by atoms with Gasteiger partial charge in [0.1, 0.15) is 0 Å². The number of para-hydroxylation sites is 2. The van der Waals surface area contributed by atoms with E-state index in [1.165, 1.54) is 55.5 Å². The number of fused-ring (bicyclic) bond motifs is 3. The summed E-state index contributed by atoms with van der Waals surface area (Å²) in [5.74, 6) is 0. The summed E-state index contributed by atoms with van der Waals surface area (Å²) in [6.45, 7) is 4.00. The zero-order valence-corrected chi connectivity index (χ0v) is 26.5. The SMILES string of the molecule is C1=C(c2ccccc2)CCC(N(c2ccc(-c3ccccc3)cc2)c2ccc3c4ccccc4n(-c4ccccc4)c3c2)=C1.CC. The molecule has 0 aliphatic heterocycles. The molecule has 6 aromatic carbocycles. The molecule has 7 aromatic rings. The summed E-state index contributed by atoms with van der Waals surface area (Å²) in [4.78, 5) is 2.44. The molecule has 0 radical (unpaired) electrons. The summed E-state index contributed by atoms with van der Waals surface area (Å²) in [6, 6.07) is 56.7. The predicted molar refractivity (Wildman–Crippen MR) is 198 cm³/mol. The molecule has 1 aliphatic rings. The Labute approximate surface area is 272 Å². The van der Waals surface area contributed by atoms with E-state index >= 15 is 0 Å². The Morgan fingerprint density at radius 2 is 1.02 bits per heavy atom. The van der Waals surface area contributed by atoms with E-state index in [-0.39, 0.29) is 0 Å². The van der Waals surface area contributed by atoms with Crippen LogP contribution in [0.3, 0.4) is 0 Å². The van der Waals surface area contributed by atoms with Crippen molar-refractivity contribution in [3.05, 3.63) is 181 Å². The van der Waals surface area contributed by atoms with E-state index in [1.54, 1.807) is 0 Å². The van der Waals surface area contributed by atoms with E-state index in [4.69, 9.17) is 0 Å². The minimum atomic E-state index is 0.959. The number of allylic oxidation sites excluding steroid dienone is 4. The number of anilines is 2. The molecular formula is C44H38N2. The van der Waals surface area contributed by atoms with Crippen molar-refractivity contribution in [2.24, 2.45) is 0 Å². The zero-order valence-electron chi connectivity index (χ0n) is 26.5. The summed E-state index contributed by atoms with van der Waals surface area (Å²) in [5.41, 5.74) is 12.3. The standard InChI is InChI=1S/C42H32N2.C2H6/c1-4-12-31(13-5-1)33-20-24-36(25-21-33)43(37-26-22-34(23-27-37)32-14-6-2-7-15-32)38-28-29-40-39-18-10-11-19-41(39)44(42(40)30-38)35-16-8-3-9-17-35;1-2/h1-22,24-26,28-30H,23,27H2;1-2H3. The molecule has 2 nitrogen and oxygen atoms in total. The molecule has 0 amide bonds. The van der Waals surface area contributed by atoms with Crippen molar-refractivity contribution in [1.82, 2.24) is 4.57 Å². The summed E-state index contributed by atoms with van der Waals surface area (Å²) >= 11 is 0. The number of nitrogens with zero attached hydrogens (tertiary/aromatic N) is 2. The molecule has 224 valence electrons. The molecule has 2 heteroatoms. The fourth-order valence-electron chi connectivity index (χ4n) is 6.57. The normalized spacial score (nSPS) is 12.7.